The van der Waals surface area contributed by atoms with Gasteiger partial charge in [-0.25, -0.2) is 0 Å². The molecular weight excluding hydrogens is 1090 g/mol. The van der Waals surface area contributed by atoms with E-state index in [2.05, 4.69) is 52.8 Å². The highest BCUT2D eigenvalue weighted by molar-refractivity contribution is 7.98. The first-order valence-electron chi connectivity index (χ1n) is 28.0. The molecule has 0 aliphatic carbocycles. The van der Waals surface area contributed by atoms with Crippen molar-refractivity contribution in [2.45, 2.75) is 192 Å². The monoisotopic (exact) mass is 1190 g/mol. The van der Waals surface area contributed by atoms with E-state index in [1.807, 2.05) is 40.2 Å². The Morgan fingerprint density at radius 1 is 0.457 bits per heavy atom. The number of nitrogens with zero attached hydrogens (tertiary/aromatic N) is 1. The number of nitrogens with one attached hydrogen (secondary N) is 9. The van der Waals surface area contributed by atoms with Gasteiger partial charge in [0.25, 0.3) is 0 Å². The molecule has 0 radical (unpaired) electrons. The van der Waals surface area contributed by atoms with Gasteiger partial charge in [0.2, 0.25) is 59.1 Å². The molecule has 0 fully saturated rings. The van der Waals surface area contributed by atoms with Crippen LogP contribution in [0.4, 0.5) is 0 Å². The Balaban J connectivity index is 7.00. The van der Waals surface area contributed by atoms with Gasteiger partial charge >= 0.3 is 0 Å². The number of unbranched alkanes of at least 4 members (excludes halogenated alkanes) is 2. The predicted molar refractivity (Wildman–Crippen MR) is 317 cm³/mol. The summed E-state index contributed by atoms with van der Waals surface area (Å²) in [6.07, 6.45) is 5.12. The predicted octanol–water partition coefficient (Wildman–Crippen LogP) is -2.87. The highest BCUT2D eigenvalue weighted by Gasteiger charge is 2.37. The Morgan fingerprint density at radius 3 is 1.21 bits per heavy atom. The van der Waals surface area contributed by atoms with Gasteiger partial charge in [-0.05, 0) is 139 Å². The van der Waals surface area contributed by atoms with Gasteiger partial charge in [0.1, 0.15) is 54.4 Å². The van der Waals surface area contributed by atoms with Gasteiger partial charge in [0.15, 0.2) is 5.96 Å². The molecule has 0 aromatic heterocycles. The van der Waals surface area contributed by atoms with E-state index < -0.39 is 125 Å². The molecule has 0 saturated carbocycles. The first kappa shape index (κ1) is 75.5. The summed E-state index contributed by atoms with van der Waals surface area (Å²) in [5.41, 5.74) is 33.8. The summed E-state index contributed by atoms with van der Waals surface area (Å²) in [7, 11) is 0. The van der Waals surface area contributed by atoms with E-state index in [0.29, 0.717) is 43.6 Å². The van der Waals surface area contributed by atoms with Crippen LogP contribution in [-0.4, -0.2) is 181 Å². The lowest BCUT2D eigenvalue weighted by Crippen LogP contribution is -2.62. The third-order valence-electron chi connectivity index (χ3n) is 13.0. The zero-order valence-electron chi connectivity index (χ0n) is 49.2. The number of aliphatic imine (C=N–C) groups is 1. The summed E-state index contributed by atoms with van der Waals surface area (Å²) in [4.78, 5) is 141. The number of nitrogens with two attached hydrogens (primary N) is 6. The van der Waals surface area contributed by atoms with Crippen LogP contribution in [0.15, 0.2) is 4.99 Å². The van der Waals surface area contributed by atoms with Crippen LogP contribution < -0.4 is 82.3 Å². The van der Waals surface area contributed by atoms with Crippen LogP contribution in [-0.2, 0) is 47.9 Å². The van der Waals surface area contributed by atoms with Crippen molar-refractivity contribution in [2.75, 3.05) is 50.2 Å². The Hall–Kier alpha value is -5.49. The van der Waals surface area contributed by atoms with Crippen molar-refractivity contribution in [3.63, 3.8) is 0 Å². The van der Waals surface area contributed by atoms with Crippen molar-refractivity contribution in [2.24, 2.45) is 57.1 Å². The third kappa shape index (κ3) is 31.5. The fraction of sp³-hybridized carbons (Fsp3) is 0.788. The molecule has 0 aliphatic rings. The summed E-state index contributed by atoms with van der Waals surface area (Å²) < 4.78 is 0. The minimum absolute atomic E-state index is 0.0128. The second-order valence-corrected chi connectivity index (χ2v) is 23.0. The molecule has 10 amide bonds. The molecule has 11 atom stereocenters. The number of hydrogen-bond donors (Lipinski definition) is 16. The SMILES string of the molecule is CC[C@H](C)[C@H](NC(=O)[C@H](CCCN=C(N)N)NC(=O)[C@H](CCCCN)NC(=O)[C@H](CC(C)C)NC(=O)[C@H](CCSC)NC(=O)CN)C(=O)N[C@@H](CCCCN)C(=O)N[C@H](C(=O)N[C@@H](CC(C)C)C(=O)N[C@@H](CCSC)C(N)=O)[C@@H](C)O. The van der Waals surface area contributed by atoms with Gasteiger partial charge in [-0.3, -0.25) is 52.9 Å². The summed E-state index contributed by atoms with van der Waals surface area (Å²) >= 11 is 2.91. The van der Waals surface area contributed by atoms with Crippen LogP contribution in [0, 0.1) is 17.8 Å². The summed E-state index contributed by atoms with van der Waals surface area (Å²) in [6.45, 7) is 12.3. The van der Waals surface area contributed by atoms with Gasteiger partial charge in [0.05, 0.1) is 12.6 Å². The van der Waals surface area contributed by atoms with Crippen molar-refractivity contribution in [3.05, 3.63) is 0 Å². The number of amides is 10. The first-order valence-corrected chi connectivity index (χ1v) is 30.8. The minimum atomic E-state index is -1.63. The zero-order valence-corrected chi connectivity index (χ0v) is 50.8. The van der Waals surface area contributed by atoms with Gasteiger partial charge < -0.3 is 87.4 Å². The van der Waals surface area contributed by atoms with Crippen molar-refractivity contribution >= 4 is 88.6 Å². The molecule has 0 aromatic rings. The topological polar surface area (TPSA) is 468 Å². The maximum atomic E-state index is 14.5. The Bertz CT molecular complexity index is 2000. The van der Waals surface area contributed by atoms with E-state index in [-0.39, 0.29) is 95.3 Å². The molecule has 81 heavy (non-hydrogen) atoms. The highest BCUT2D eigenvalue weighted by Crippen LogP contribution is 2.15. The van der Waals surface area contributed by atoms with Crippen LogP contribution in [0.2, 0.25) is 0 Å². The molecule has 466 valence electrons. The Labute approximate surface area is 487 Å². The lowest BCUT2D eigenvalue weighted by molar-refractivity contribution is -0.137. The molecule has 0 rings (SSSR count). The van der Waals surface area contributed by atoms with Crippen LogP contribution in [0.5, 0.6) is 0 Å². The molecular formula is C52H100N16O11S2. The zero-order chi connectivity index (χ0) is 61.8. The van der Waals surface area contributed by atoms with E-state index in [1.165, 1.54) is 30.4 Å². The molecule has 0 aromatic carbocycles. The molecule has 0 bridgehead atoms. The molecule has 29 heteroatoms. The normalized spacial score (nSPS) is 15.3. The van der Waals surface area contributed by atoms with Crippen molar-refractivity contribution in [1.82, 2.24) is 47.9 Å². The molecule has 22 N–H and O–H groups in total. The van der Waals surface area contributed by atoms with Crippen LogP contribution in [0.25, 0.3) is 0 Å². The van der Waals surface area contributed by atoms with Crippen molar-refractivity contribution in [1.29, 1.82) is 0 Å². The Morgan fingerprint density at radius 2 is 0.815 bits per heavy atom. The van der Waals surface area contributed by atoms with E-state index in [9.17, 15) is 53.1 Å². The molecule has 0 spiro atoms. The number of guanidine groups is 1. The highest BCUT2D eigenvalue weighted by atomic mass is 32.2. The Kier molecular flexibility index (Phi) is 39.5. The van der Waals surface area contributed by atoms with Gasteiger partial charge in [-0.1, -0.05) is 48.0 Å². The summed E-state index contributed by atoms with van der Waals surface area (Å²) in [6, 6.07) is -11.2. The lowest BCUT2D eigenvalue weighted by atomic mass is 9.96. The number of aliphatic hydroxyl groups excluding tert-OH is 1. The second-order valence-electron chi connectivity index (χ2n) is 21.0. The molecule has 27 nitrogen and oxygen atoms in total. The quantitative estimate of drug-likeness (QED) is 0.0166. The summed E-state index contributed by atoms with van der Waals surface area (Å²) in [5.74, 6) is -7.46. The number of aliphatic hydroxyl groups is 1. The molecule has 0 saturated heterocycles. The minimum Gasteiger partial charge on any atom is -0.391 e. The number of carbonyl (C=O) groups excluding carboxylic acids is 10. The fourth-order valence-corrected chi connectivity index (χ4v) is 9.15. The van der Waals surface area contributed by atoms with E-state index in [1.54, 1.807) is 13.8 Å². The smallest absolute Gasteiger partial charge is 0.245 e. The number of hydrogen-bond acceptors (Lipinski definition) is 17. The standard InChI is InChI=1S/C52H100N16O11S2/c1-10-31(6)41(50(78)64-35(17-12-14-22-54)47(75)68-42(32(7)69)51(79)66-39(27-30(4)5)48(76)61-33(43(56)71)19-24-80-8)67-46(74)36(18-15-23-59-52(57)58)62-44(72)34(16-11-13-21-53)63-49(77)38(26-29(2)3)65-45(73)37(20-25-81-9)60-40(70)28-55/h29-39,41-42,69H,10-28,53-55H2,1-9H3,(H2,56,71)(H,60,70)(H,61,76)(H,62,72)(H,63,77)(H,64,78)(H,65,73)(H,66,79)(H,67,74)(H,68,75)(H4,57,58,59)/t31-,32+,33-,34-,35-,36-,37-,38-,39-,41-,42-/m0/s1. The maximum Gasteiger partial charge on any atom is 0.245 e. The van der Waals surface area contributed by atoms with Crippen LogP contribution in [0.1, 0.15) is 132 Å². The van der Waals surface area contributed by atoms with Gasteiger partial charge in [-0.2, -0.15) is 23.5 Å². The number of thioether (sulfide) groups is 2. The van der Waals surface area contributed by atoms with Crippen LogP contribution >= 0.6 is 23.5 Å². The average molecular weight is 1190 g/mol. The van der Waals surface area contributed by atoms with Crippen LogP contribution in [0.3, 0.4) is 0 Å². The van der Waals surface area contributed by atoms with Crippen molar-refractivity contribution in [3.8, 4) is 0 Å². The molecule has 0 heterocycles. The number of rotatable bonds is 44. The average Bonchev–Trinajstić information content (AvgIpc) is 3.41. The van der Waals surface area contributed by atoms with Crippen molar-refractivity contribution < 1.29 is 53.1 Å². The van der Waals surface area contributed by atoms with Gasteiger partial charge in [0, 0.05) is 6.54 Å². The van der Waals surface area contributed by atoms with Gasteiger partial charge in [-0.15, -0.1) is 0 Å². The van der Waals surface area contributed by atoms with E-state index >= 15 is 0 Å². The number of primary amides is 1. The molecule has 0 unspecified atom stereocenters. The lowest BCUT2D eigenvalue weighted by Gasteiger charge is -2.30. The van der Waals surface area contributed by atoms with E-state index in [4.69, 9.17) is 34.4 Å². The maximum absolute atomic E-state index is 14.5. The molecule has 0 aliphatic heterocycles. The third-order valence-corrected chi connectivity index (χ3v) is 14.3. The van der Waals surface area contributed by atoms with E-state index in [0.717, 1.165) is 0 Å². The number of carbonyl (C=O) groups is 10. The second kappa shape index (κ2) is 42.3. The largest absolute Gasteiger partial charge is 0.391 e. The first-order chi connectivity index (χ1) is 38.2. The fourth-order valence-electron chi connectivity index (χ4n) is 8.21. The summed E-state index contributed by atoms with van der Waals surface area (Å²) in [5, 5.41) is 34.9.